The molecule has 12 heavy (non-hydrogen) atoms. The number of nitrogens with zero attached hydrogens (tertiary/aromatic N) is 2. The van der Waals surface area contributed by atoms with E-state index in [-0.39, 0.29) is 0 Å². The largest absolute Gasteiger partial charge is 0.411 e. The van der Waals surface area contributed by atoms with Crippen LogP contribution in [0, 0.1) is 0 Å². The lowest BCUT2D eigenvalue weighted by Crippen LogP contribution is -2.18. The Kier molecular flexibility index (Phi) is 6.28. The summed E-state index contributed by atoms with van der Waals surface area (Å²) in [5.41, 5.74) is 1.36. The zero-order valence-corrected chi connectivity index (χ0v) is 7.96. The van der Waals surface area contributed by atoms with Crippen molar-refractivity contribution in [2.24, 2.45) is 10.1 Å². The fraction of sp³-hybridized carbons (Fsp3) is 0.750. The van der Waals surface area contributed by atoms with Crippen LogP contribution in [-0.4, -0.2) is 36.3 Å². The fourth-order valence-electron chi connectivity index (χ4n) is 0.666. The van der Waals surface area contributed by atoms with Gasteiger partial charge in [-0.2, -0.15) is 0 Å². The van der Waals surface area contributed by atoms with Crippen molar-refractivity contribution in [2.75, 3.05) is 19.6 Å². The van der Waals surface area contributed by atoms with Gasteiger partial charge in [-0.25, -0.2) is 0 Å². The van der Waals surface area contributed by atoms with Gasteiger partial charge in [-0.15, -0.1) is 0 Å². The highest BCUT2D eigenvalue weighted by Crippen LogP contribution is 1.82. The second-order valence-corrected chi connectivity index (χ2v) is 2.51. The van der Waals surface area contributed by atoms with Crippen molar-refractivity contribution < 1.29 is 5.21 Å². The van der Waals surface area contributed by atoms with Crippen molar-refractivity contribution >= 4 is 11.4 Å². The Morgan fingerprint density at radius 3 is 2.50 bits per heavy atom. The fourth-order valence-corrected chi connectivity index (χ4v) is 0.666. The highest BCUT2D eigenvalue weighted by atomic mass is 16.4. The van der Waals surface area contributed by atoms with Gasteiger partial charge >= 0.3 is 0 Å². The molecule has 0 aromatic heterocycles. The van der Waals surface area contributed by atoms with Crippen LogP contribution in [0.2, 0.25) is 0 Å². The molecule has 0 saturated carbocycles. The quantitative estimate of drug-likeness (QED) is 0.279. The molecule has 0 aliphatic rings. The van der Waals surface area contributed by atoms with Crippen LogP contribution in [0.1, 0.15) is 20.8 Å². The van der Waals surface area contributed by atoms with Gasteiger partial charge in [-0.3, -0.25) is 4.99 Å². The molecule has 0 heterocycles. The van der Waals surface area contributed by atoms with Crippen LogP contribution in [0.5, 0.6) is 0 Å². The summed E-state index contributed by atoms with van der Waals surface area (Å²) in [5, 5.41) is 14.6. The summed E-state index contributed by atoms with van der Waals surface area (Å²) in [5.74, 6) is 0. The Morgan fingerprint density at radius 2 is 2.00 bits per heavy atom. The molecule has 70 valence electrons. The van der Waals surface area contributed by atoms with E-state index in [9.17, 15) is 0 Å². The van der Waals surface area contributed by atoms with E-state index >= 15 is 0 Å². The van der Waals surface area contributed by atoms with E-state index in [2.05, 4.69) is 22.4 Å². The molecule has 4 heteroatoms. The molecule has 0 aliphatic carbocycles. The molecule has 0 aromatic carbocycles. The molecular formula is C8H17N3O. The van der Waals surface area contributed by atoms with Crippen LogP contribution in [0.4, 0.5) is 0 Å². The zero-order chi connectivity index (χ0) is 9.40. The van der Waals surface area contributed by atoms with E-state index in [0.29, 0.717) is 5.71 Å². The number of oxime groups is 1. The van der Waals surface area contributed by atoms with Crippen LogP contribution in [0.3, 0.4) is 0 Å². The number of rotatable bonds is 5. The number of likely N-dealkylation sites (N-methyl/N-ethyl adjacent to an activating group) is 1. The highest BCUT2D eigenvalue weighted by molar-refractivity contribution is 6.40. The molecule has 2 N–H and O–H groups in total. The maximum absolute atomic E-state index is 8.40. The van der Waals surface area contributed by atoms with Gasteiger partial charge in [0.1, 0.15) is 0 Å². The molecule has 0 atom stereocenters. The molecular weight excluding hydrogens is 154 g/mol. The average molecular weight is 171 g/mol. The first-order chi connectivity index (χ1) is 5.72. The van der Waals surface area contributed by atoms with Crippen molar-refractivity contribution in [1.82, 2.24) is 5.32 Å². The van der Waals surface area contributed by atoms with E-state index in [4.69, 9.17) is 5.21 Å². The molecule has 0 amide bonds. The molecule has 4 nitrogen and oxygen atoms in total. The van der Waals surface area contributed by atoms with Crippen LogP contribution < -0.4 is 5.32 Å². The monoisotopic (exact) mass is 171 g/mol. The summed E-state index contributed by atoms with van der Waals surface area (Å²) in [4.78, 5) is 4.20. The molecule has 0 bridgehead atoms. The van der Waals surface area contributed by atoms with E-state index in [1.54, 1.807) is 6.92 Å². The third-order valence-corrected chi connectivity index (χ3v) is 1.56. The van der Waals surface area contributed by atoms with Crippen molar-refractivity contribution in [3.8, 4) is 0 Å². The van der Waals surface area contributed by atoms with Crippen molar-refractivity contribution in [3.05, 3.63) is 0 Å². The lowest BCUT2D eigenvalue weighted by Gasteiger charge is -1.99. The van der Waals surface area contributed by atoms with Crippen LogP contribution in [0.15, 0.2) is 10.1 Å². The minimum absolute atomic E-state index is 0.575. The molecule has 0 aromatic rings. The third kappa shape index (κ3) is 4.85. The smallest absolute Gasteiger partial charge is 0.0971 e. The predicted molar refractivity (Wildman–Crippen MR) is 51.4 cm³/mol. The van der Waals surface area contributed by atoms with Gasteiger partial charge in [0, 0.05) is 6.54 Å². The maximum Gasteiger partial charge on any atom is 0.0971 e. The van der Waals surface area contributed by atoms with Gasteiger partial charge < -0.3 is 10.5 Å². The lowest BCUT2D eigenvalue weighted by atomic mass is 10.3. The van der Waals surface area contributed by atoms with E-state index < -0.39 is 0 Å². The summed E-state index contributed by atoms with van der Waals surface area (Å²) in [6, 6.07) is 0. The van der Waals surface area contributed by atoms with E-state index in [1.165, 1.54) is 0 Å². The summed E-state index contributed by atoms with van der Waals surface area (Å²) >= 11 is 0. The van der Waals surface area contributed by atoms with Crippen molar-refractivity contribution in [3.63, 3.8) is 0 Å². The van der Waals surface area contributed by atoms with Gasteiger partial charge in [0.2, 0.25) is 0 Å². The maximum atomic E-state index is 8.40. The van der Waals surface area contributed by atoms with E-state index in [1.807, 2.05) is 6.92 Å². The number of nitrogens with one attached hydrogen (secondary N) is 1. The third-order valence-electron chi connectivity index (χ3n) is 1.56. The van der Waals surface area contributed by atoms with E-state index in [0.717, 1.165) is 25.3 Å². The summed E-state index contributed by atoms with van der Waals surface area (Å²) in [7, 11) is 0. The minimum atomic E-state index is 0.575. The van der Waals surface area contributed by atoms with Crippen LogP contribution in [-0.2, 0) is 0 Å². The molecule has 0 fully saturated rings. The molecule has 0 unspecified atom stereocenters. The highest BCUT2D eigenvalue weighted by Gasteiger charge is 1.94. The Labute approximate surface area is 73.4 Å². The SMILES string of the molecule is CCNCCN=C(C)/C(C)=N/O. The molecule has 0 spiro atoms. The predicted octanol–water partition coefficient (Wildman–Crippen LogP) is 0.907. The van der Waals surface area contributed by atoms with Gasteiger partial charge in [0.05, 0.1) is 18.0 Å². The second-order valence-electron chi connectivity index (χ2n) is 2.51. The Morgan fingerprint density at radius 1 is 1.33 bits per heavy atom. The minimum Gasteiger partial charge on any atom is -0.411 e. The second kappa shape index (κ2) is 6.79. The first-order valence-electron chi connectivity index (χ1n) is 4.13. The van der Waals surface area contributed by atoms with Crippen LogP contribution in [0.25, 0.3) is 0 Å². The summed E-state index contributed by atoms with van der Waals surface area (Å²) in [6.45, 7) is 8.17. The number of aliphatic imine (C=N–C) groups is 1. The first kappa shape index (κ1) is 11.1. The zero-order valence-electron chi connectivity index (χ0n) is 7.96. The summed E-state index contributed by atoms with van der Waals surface area (Å²) in [6.07, 6.45) is 0. The lowest BCUT2D eigenvalue weighted by molar-refractivity contribution is 0.320. The van der Waals surface area contributed by atoms with Gasteiger partial charge in [-0.05, 0) is 20.4 Å². The normalized spacial score (nSPS) is 13.6. The topological polar surface area (TPSA) is 57.0 Å². The first-order valence-corrected chi connectivity index (χ1v) is 4.13. The number of hydrogen-bond donors (Lipinski definition) is 2. The van der Waals surface area contributed by atoms with Crippen molar-refractivity contribution in [1.29, 1.82) is 0 Å². The van der Waals surface area contributed by atoms with Gasteiger partial charge in [-0.1, -0.05) is 12.1 Å². The van der Waals surface area contributed by atoms with Crippen molar-refractivity contribution in [2.45, 2.75) is 20.8 Å². The Bertz CT molecular complexity index is 175. The Balaban J connectivity index is 3.69. The average Bonchev–Trinajstić information content (AvgIpc) is 2.10. The molecule has 0 radical (unpaired) electrons. The van der Waals surface area contributed by atoms with Crippen LogP contribution >= 0.6 is 0 Å². The molecule has 0 aliphatic heterocycles. The number of hydrogen-bond acceptors (Lipinski definition) is 4. The Hall–Kier alpha value is -0.900. The molecule has 0 saturated heterocycles. The standard InChI is InChI=1S/C8H17N3O/c1-4-9-5-6-10-7(2)8(3)11-12/h9,12H,4-6H2,1-3H3/b10-7?,11-8+. The van der Waals surface area contributed by atoms with Gasteiger partial charge in [0.25, 0.3) is 0 Å². The summed E-state index contributed by atoms with van der Waals surface area (Å²) < 4.78 is 0. The van der Waals surface area contributed by atoms with Gasteiger partial charge in [0.15, 0.2) is 0 Å². The molecule has 0 rings (SSSR count).